The maximum Gasteiger partial charge on any atom is 0.337 e. The van der Waals surface area contributed by atoms with Gasteiger partial charge < -0.3 is 10.1 Å². The summed E-state index contributed by atoms with van der Waals surface area (Å²) >= 11 is 0. The number of aromatic nitrogens is 1. The molecule has 0 spiro atoms. The first-order valence-corrected chi connectivity index (χ1v) is 7.03. The molecule has 4 heteroatoms. The van der Waals surface area contributed by atoms with Gasteiger partial charge in [-0.15, -0.1) is 0 Å². The number of hydrogen-bond acceptors (Lipinski definition) is 4. The van der Waals surface area contributed by atoms with Crippen LogP contribution >= 0.6 is 0 Å². The molecular formula is C18H16N2O2. The number of pyridine rings is 1. The smallest absolute Gasteiger partial charge is 0.337 e. The van der Waals surface area contributed by atoms with Gasteiger partial charge in [0, 0.05) is 23.8 Å². The Labute approximate surface area is 128 Å². The van der Waals surface area contributed by atoms with Crippen LogP contribution in [0, 0.1) is 0 Å². The summed E-state index contributed by atoms with van der Waals surface area (Å²) in [4.78, 5) is 15.8. The van der Waals surface area contributed by atoms with Gasteiger partial charge in [-0.1, -0.05) is 30.3 Å². The van der Waals surface area contributed by atoms with Crippen molar-refractivity contribution in [2.24, 2.45) is 0 Å². The van der Waals surface area contributed by atoms with E-state index >= 15 is 0 Å². The van der Waals surface area contributed by atoms with Gasteiger partial charge in [0.2, 0.25) is 0 Å². The molecular weight excluding hydrogens is 276 g/mol. The van der Waals surface area contributed by atoms with Crippen LogP contribution in [0.1, 0.15) is 15.9 Å². The molecule has 4 nitrogen and oxygen atoms in total. The summed E-state index contributed by atoms with van der Waals surface area (Å²) in [5, 5.41) is 4.50. The van der Waals surface area contributed by atoms with Crippen LogP contribution in [0.2, 0.25) is 0 Å². The number of ether oxygens (including phenoxy) is 1. The molecule has 110 valence electrons. The van der Waals surface area contributed by atoms with Gasteiger partial charge in [0.25, 0.3) is 0 Å². The van der Waals surface area contributed by atoms with Gasteiger partial charge in [-0.2, -0.15) is 0 Å². The van der Waals surface area contributed by atoms with E-state index in [9.17, 15) is 4.79 Å². The van der Waals surface area contributed by atoms with E-state index in [-0.39, 0.29) is 5.97 Å². The second kappa shape index (κ2) is 6.26. The van der Waals surface area contributed by atoms with E-state index in [4.69, 9.17) is 4.74 Å². The summed E-state index contributed by atoms with van der Waals surface area (Å²) in [5.41, 5.74) is 3.66. The van der Waals surface area contributed by atoms with Crippen molar-refractivity contribution in [2.75, 3.05) is 12.4 Å². The Morgan fingerprint density at radius 1 is 1.09 bits per heavy atom. The van der Waals surface area contributed by atoms with E-state index in [1.165, 1.54) is 7.11 Å². The molecule has 0 radical (unpaired) electrons. The molecule has 2 aromatic carbocycles. The molecule has 0 aliphatic heterocycles. The van der Waals surface area contributed by atoms with Crippen molar-refractivity contribution in [1.82, 2.24) is 4.98 Å². The van der Waals surface area contributed by atoms with Crippen LogP contribution in [0.4, 0.5) is 5.69 Å². The Bertz CT molecular complexity index is 792. The lowest BCUT2D eigenvalue weighted by molar-refractivity contribution is 0.0600. The molecule has 3 aromatic rings. The van der Waals surface area contributed by atoms with Crippen LogP contribution in [0.25, 0.3) is 10.9 Å². The highest BCUT2D eigenvalue weighted by atomic mass is 16.5. The summed E-state index contributed by atoms with van der Waals surface area (Å²) in [6, 6.07) is 17.4. The summed E-state index contributed by atoms with van der Waals surface area (Å²) in [5.74, 6) is -0.320. The average Bonchev–Trinajstić information content (AvgIpc) is 2.59. The number of carbonyl (C=O) groups excluding carboxylic acids is 1. The number of esters is 1. The topological polar surface area (TPSA) is 51.2 Å². The van der Waals surface area contributed by atoms with Crippen LogP contribution in [-0.4, -0.2) is 18.1 Å². The van der Waals surface area contributed by atoms with Gasteiger partial charge in [0.1, 0.15) is 0 Å². The number of rotatable bonds is 4. The van der Waals surface area contributed by atoms with E-state index in [2.05, 4.69) is 10.3 Å². The van der Waals surface area contributed by atoms with Gasteiger partial charge in [0.05, 0.1) is 18.2 Å². The number of anilines is 1. The molecule has 0 aliphatic carbocycles. The van der Waals surface area contributed by atoms with E-state index < -0.39 is 0 Å². The number of hydrogen-bond donors (Lipinski definition) is 1. The van der Waals surface area contributed by atoms with Crippen molar-refractivity contribution in [1.29, 1.82) is 0 Å². The maximum absolute atomic E-state index is 11.4. The lowest BCUT2D eigenvalue weighted by atomic mass is 10.1. The zero-order chi connectivity index (χ0) is 15.4. The standard InChI is InChI=1S/C18H16N2O2/c1-22-18(21)14-8-6-13(7-9-14)12-20-17-10-11-19-16-5-3-2-4-15(16)17/h2-11H,12H2,1H3,(H,19,20). The summed E-state index contributed by atoms with van der Waals surface area (Å²) < 4.78 is 4.69. The highest BCUT2D eigenvalue weighted by Crippen LogP contribution is 2.21. The first kappa shape index (κ1) is 14.1. The monoisotopic (exact) mass is 292 g/mol. The second-order valence-electron chi connectivity index (χ2n) is 4.92. The second-order valence-corrected chi connectivity index (χ2v) is 4.92. The van der Waals surface area contributed by atoms with E-state index in [0.717, 1.165) is 22.2 Å². The molecule has 0 saturated heterocycles. The van der Waals surface area contributed by atoms with Gasteiger partial charge >= 0.3 is 5.97 Å². The number of para-hydroxylation sites is 1. The summed E-state index contributed by atoms with van der Waals surface area (Å²) in [6.45, 7) is 0.676. The molecule has 3 rings (SSSR count). The van der Waals surface area contributed by atoms with Crippen molar-refractivity contribution in [3.05, 3.63) is 71.9 Å². The Morgan fingerprint density at radius 2 is 1.86 bits per heavy atom. The molecule has 22 heavy (non-hydrogen) atoms. The number of fused-ring (bicyclic) bond motifs is 1. The Balaban J connectivity index is 1.75. The van der Waals surface area contributed by atoms with Crippen LogP contribution in [0.15, 0.2) is 60.8 Å². The van der Waals surface area contributed by atoms with Crippen LogP contribution in [-0.2, 0) is 11.3 Å². The van der Waals surface area contributed by atoms with Crippen LogP contribution < -0.4 is 5.32 Å². The minimum atomic E-state index is -0.320. The largest absolute Gasteiger partial charge is 0.465 e. The van der Waals surface area contributed by atoms with E-state index in [1.54, 1.807) is 18.3 Å². The quantitative estimate of drug-likeness (QED) is 0.746. The third kappa shape index (κ3) is 2.91. The predicted octanol–water partition coefficient (Wildman–Crippen LogP) is 3.63. The van der Waals surface area contributed by atoms with Crippen molar-refractivity contribution >= 4 is 22.6 Å². The molecule has 1 aromatic heterocycles. The van der Waals surface area contributed by atoms with Gasteiger partial charge in [-0.3, -0.25) is 4.98 Å². The number of nitrogens with one attached hydrogen (secondary N) is 1. The molecule has 0 bridgehead atoms. The zero-order valence-electron chi connectivity index (χ0n) is 12.2. The van der Waals surface area contributed by atoms with Crippen molar-refractivity contribution < 1.29 is 9.53 Å². The SMILES string of the molecule is COC(=O)c1ccc(CNc2ccnc3ccccc23)cc1. The fourth-order valence-corrected chi connectivity index (χ4v) is 2.32. The Kier molecular flexibility index (Phi) is 4.01. The number of nitrogens with zero attached hydrogens (tertiary/aromatic N) is 1. The van der Waals surface area contributed by atoms with E-state index in [1.807, 2.05) is 42.5 Å². The first-order chi connectivity index (χ1) is 10.8. The Hall–Kier alpha value is -2.88. The van der Waals surface area contributed by atoms with Gasteiger partial charge in [-0.05, 0) is 29.8 Å². The summed E-state index contributed by atoms with van der Waals surface area (Å²) in [6.07, 6.45) is 1.80. The fourth-order valence-electron chi connectivity index (χ4n) is 2.32. The third-order valence-corrected chi connectivity index (χ3v) is 3.51. The Morgan fingerprint density at radius 3 is 2.64 bits per heavy atom. The minimum Gasteiger partial charge on any atom is -0.465 e. The van der Waals surface area contributed by atoms with Crippen molar-refractivity contribution in [3.63, 3.8) is 0 Å². The number of benzene rings is 2. The maximum atomic E-state index is 11.4. The molecule has 0 saturated carbocycles. The third-order valence-electron chi connectivity index (χ3n) is 3.51. The number of methoxy groups -OCH3 is 1. The zero-order valence-corrected chi connectivity index (χ0v) is 12.2. The average molecular weight is 292 g/mol. The highest BCUT2D eigenvalue weighted by molar-refractivity contribution is 5.91. The molecule has 1 N–H and O–H groups in total. The highest BCUT2D eigenvalue weighted by Gasteiger charge is 2.05. The molecule has 0 amide bonds. The van der Waals surface area contributed by atoms with E-state index in [0.29, 0.717) is 12.1 Å². The van der Waals surface area contributed by atoms with Crippen molar-refractivity contribution in [3.8, 4) is 0 Å². The lowest BCUT2D eigenvalue weighted by Gasteiger charge is -2.09. The van der Waals surface area contributed by atoms with Gasteiger partial charge in [0.15, 0.2) is 0 Å². The summed E-state index contributed by atoms with van der Waals surface area (Å²) in [7, 11) is 1.38. The molecule has 0 fully saturated rings. The fraction of sp³-hybridized carbons (Fsp3) is 0.111. The minimum absolute atomic E-state index is 0.320. The molecule has 1 heterocycles. The lowest BCUT2D eigenvalue weighted by Crippen LogP contribution is -2.03. The normalized spacial score (nSPS) is 10.4. The van der Waals surface area contributed by atoms with Crippen LogP contribution in [0.3, 0.4) is 0 Å². The first-order valence-electron chi connectivity index (χ1n) is 7.03. The predicted molar refractivity (Wildman–Crippen MR) is 86.9 cm³/mol. The number of carbonyl (C=O) groups is 1. The molecule has 0 atom stereocenters. The van der Waals surface area contributed by atoms with Crippen molar-refractivity contribution in [2.45, 2.75) is 6.54 Å². The molecule has 0 aliphatic rings. The van der Waals surface area contributed by atoms with Crippen LogP contribution in [0.5, 0.6) is 0 Å². The molecule has 0 unspecified atom stereocenters. The van der Waals surface area contributed by atoms with Gasteiger partial charge in [-0.25, -0.2) is 4.79 Å².